The molecule has 0 spiro atoms. The number of nitrogens with zero attached hydrogens (tertiary/aromatic N) is 2. The molecule has 2 saturated heterocycles. The van der Waals surface area contributed by atoms with Gasteiger partial charge in [-0.15, -0.1) is 0 Å². The summed E-state index contributed by atoms with van der Waals surface area (Å²) in [6.45, 7) is 5.31. The summed E-state index contributed by atoms with van der Waals surface area (Å²) in [6.07, 6.45) is 0.971. The van der Waals surface area contributed by atoms with Gasteiger partial charge in [-0.3, -0.25) is 19.8 Å². The molecule has 2 rings (SSSR count). The van der Waals surface area contributed by atoms with Gasteiger partial charge in [0.2, 0.25) is 0 Å². The Morgan fingerprint density at radius 3 is 2.62 bits per heavy atom. The van der Waals surface area contributed by atoms with E-state index < -0.39 is 17.8 Å². The molecule has 2 fully saturated rings. The van der Waals surface area contributed by atoms with E-state index in [9.17, 15) is 14.4 Å². The molecule has 16 heavy (non-hydrogen) atoms. The zero-order valence-corrected chi connectivity index (χ0v) is 9.23. The van der Waals surface area contributed by atoms with E-state index in [4.69, 9.17) is 0 Å². The highest BCUT2D eigenvalue weighted by molar-refractivity contribution is 6.44. The van der Waals surface area contributed by atoms with Crippen molar-refractivity contribution in [1.29, 1.82) is 0 Å². The number of rotatable bonds is 3. The van der Waals surface area contributed by atoms with Gasteiger partial charge in [-0.1, -0.05) is 6.92 Å². The van der Waals surface area contributed by atoms with Gasteiger partial charge in [0.15, 0.2) is 0 Å². The molecule has 1 N–H and O–H groups in total. The minimum Gasteiger partial charge on any atom is -0.303 e. The second kappa shape index (κ2) is 4.21. The first kappa shape index (κ1) is 11.1. The fourth-order valence-electron chi connectivity index (χ4n) is 2.21. The Kier molecular flexibility index (Phi) is 2.91. The largest absolute Gasteiger partial charge is 0.331 e. The van der Waals surface area contributed by atoms with E-state index in [0.29, 0.717) is 12.5 Å². The minimum absolute atomic E-state index is 0.292. The number of hydrogen-bond donors (Lipinski definition) is 1. The Labute approximate surface area is 93.6 Å². The van der Waals surface area contributed by atoms with E-state index in [1.165, 1.54) is 0 Å². The summed E-state index contributed by atoms with van der Waals surface area (Å²) < 4.78 is 0. The van der Waals surface area contributed by atoms with Crippen molar-refractivity contribution < 1.29 is 14.4 Å². The molecule has 0 saturated carbocycles. The number of carbonyl (C=O) groups excluding carboxylic acids is 3. The maximum atomic E-state index is 11.3. The highest BCUT2D eigenvalue weighted by Crippen LogP contribution is 2.18. The Hall–Kier alpha value is -1.43. The topological polar surface area (TPSA) is 69.7 Å². The van der Waals surface area contributed by atoms with Crippen LogP contribution in [0.5, 0.6) is 0 Å². The third kappa shape index (κ3) is 1.92. The molecule has 0 aromatic carbocycles. The van der Waals surface area contributed by atoms with Crippen LogP contribution < -0.4 is 5.32 Å². The van der Waals surface area contributed by atoms with Crippen molar-refractivity contribution in [3.05, 3.63) is 0 Å². The van der Waals surface area contributed by atoms with E-state index in [-0.39, 0.29) is 0 Å². The molecule has 4 amide bonds. The van der Waals surface area contributed by atoms with Gasteiger partial charge in [-0.2, -0.15) is 0 Å². The van der Waals surface area contributed by atoms with Crippen LogP contribution in [0.4, 0.5) is 4.79 Å². The molecule has 0 aromatic rings. The fraction of sp³-hybridized carbons (Fsp3) is 0.700. The molecule has 0 aromatic heterocycles. The third-order valence-corrected chi connectivity index (χ3v) is 3.16. The van der Waals surface area contributed by atoms with Gasteiger partial charge >= 0.3 is 17.8 Å². The molecular weight excluding hydrogens is 210 g/mol. The lowest BCUT2D eigenvalue weighted by atomic mass is 10.1. The predicted octanol–water partition coefficient (Wildman–Crippen LogP) is -0.593. The summed E-state index contributed by atoms with van der Waals surface area (Å²) in [4.78, 5) is 36.9. The Morgan fingerprint density at radius 2 is 2.12 bits per heavy atom. The predicted molar refractivity (Wildman–Crippen MR) is 55.5 cm³/mol. The standard InChI is InChI=1S/C10H15N3O3/c1-2-12-4-3-7(5-12)6-13-9(15)8(14)11-10(13)16/h7H,2-6H2,1H3,(H,11,14,16). The summed E-state index contributed by atoms with van der Waals surface area (Å²) in [5.41, 5.74) is 0. The maximum absolute atomic E-state index is 11.3. The number of amides is 4. The molecular formula is C10H15N3O3. The number of imide groups is 2. The second-order valence-corrected chi connectivity index (χ2v) is 4.22. The molecule has 0 aliphatic carbocycles. The van der Waals surface area contributed by atoms with Crippen LogP contribution in [0.2, 0.25) is 0 Å². The molecule has 2 heterocycles. The van der Waals surface area contributed by atoms with E-state index >= 15 is 0 Å². The fourth-order valence-corrected chi connectivity index (χ4v) is 2.21. The van der Waals surface area contributed by atoms with Crippen molar-refractivity contribution in [2.75, 3.05) is 26.2 Å². The monoisotopic (exact) mass is 225 g/mol. The van der Waals surface area contributed by atoms with Crippen molar-refractivity contribution in [3.8, 4) is 0 Å². The van der Waals surface area contributed by atoms with Gasteiger partial charge in [0.25, 0.3) is 0 Å². The smallest absolute Gasteiger partial charge is 0.303 e. The van der Waals surface area contributed by atoms with E-state index in [1.54, 1.807) is 0 Å². The molecule has 6 heteroatoms. The molecule has 2 aliphatic rings. The average molecular weight is 225 g/mol. The van der Waals surface area contributed by atoms with Gasteiger partial charge in [-0.25, -0.2) is 4.79 Å². The number of nitrogens with one attached hydrogen (secondary N) is 1. The second-order valence-electron chi connectivity index (χ2n) is 4.22. The van der Waals surface area contributed by atoms with Crippen LogP contribution in [0.3, 0.4) is 0 Å². The lowest BCUT2D eigenvalue weighted by Gasteiger charge is -2.17. The van der Waals surface area contributed by atoms with Crippen LogP contribution in [-0.4, -0.2) is 53.8 Å². The summed E-state index contributed by atoms with van der Waals surface area (Å²) >= 11 is 0. The molecule has 1 unspecified atom stereocenters. The number of urea groups is 1. The SMILES string of the molecule is CCN1CCC(CN2C(=O)NC(=O)C2=O)C1. The van der Waals surface area contributed by atoms with Gasteiger partial charge in [-0.05, 0) is 25.4 Å². The van der Waals surface area contributed by atoms with Crippen LogP contribution in [0, 0.1) is 5.92 Å². The first-order valence-corrected chi connectivity index (χ1v) is 5.51. The minimum atomic E-state index is -0.810. The molecule has 0 bridgehead atoms. The Morgan fingerprint density at radius 1 is 1.38 bits per heavy atom. The van der Waals surface area contributed by atoms with E-state index in [2.05, 4.69) is 11.8 Å². The average Bonchev–Trinajstić information content (AvgIpc) is 2.80. The normalized spacial score (nSPS) is 26.7. The zero-order valence-electron chi connectivity index (χ0n) is 9.23. The van der Waals surface area contributed by atoms with Gasteiger partial charge in [0.1, 0.15) is 0 Å². The van der Waals surface area contributed by atoms with Crippen molar-refractivity contribution in [1.82, 2.24) is 15.1 Å². The van der Waals surface area contributed by atoms with Crippen molar-refractivity contribution in [3.63, 3.8) is 0 Å². The van der Waals surface area contributed by atoms with E-state index in [1.807, 2.05) is 5.32 Å². The van der Waals surface area contributed by atoms with Crippen LogP contribution in [0.15, 0.2) is 0 Å². The number of carbonyl (C=O) groups is 3. The van der Waals surface area contributed by atoms with E-state index in [0.717, 1.165) is 31.0 Å². The summed E-state index contributed by atoms with van der Waals surface area (Å²) in [7, 11) is 0. The molecule has 2 aliphatic heterocycles. The number of likely N-dealkylation sites (tertiary alicyclic amines) is 1. The lowest BCUT2D eigenvalue weighted by molar-refractivity contribution is -0.140. The first-order chi connectivity index (χ1) is 7.61. The molecule has 0 radical (unpaired) electrons. The van der Waals surface area contributed by atoms with Crippen LogP contribution >= 0.6 is 0 Å². The van der Waals surface area contributed by atoms with Crippen molar-refractivity contribution in [2.24, 2.45) is 5.92 Å². The maximum Gasteiger partial charge on any atom is 0.331 e. The Balaban J connectivity index is 1.93. The van der Waals surface area contributed by atoms with Crippen molar-refractivity contribution >= 4 is 17.8 Å². The molecule has 6 nitrogen and oxygen atoms in total. The molecule has 88 valence electrons. The number of hydrogen-bond acceptors (Lipinski definition) is 4. The Bertz CT molecular complexity index is 342. The van der Waals surface area contributed by atoms with Gasteiger partial charge in [0, 0.05) is 13.1 Å². The third-order valence-electron chi connectivity index (χ3n) is 3.16. The summed E-state index contributed by atoms with van der Waals surface area (Å²) in [5, 5.41) is 2.00. The van der Waals surface area contributed by atoms with Crippen LogP contribution in [0.1, 0.15) is 13.3 Å². The first-order valence-electron chi connectivity index (χ1n) is 5.51. The highest BCUT2D eigenvalue weighted by atomic mass is 16.2. The highest BCUT2D eigenvalue weighted by Gasteiger charge is 2.38. The lowest BCUT2D eigenvalue weighted by Crippen LogP contribution is -2.36. The van der Waals surface area contributed by atoms with Crippen LogP contribution in [-0.2, 0) is 9.59 Å². The van der Waals surface area contributed by atoms with Gasteiger partial charge in [0.05, 0.1) is 0 Å². The summed E-state index contributed by atoms with van der Waals surface area (Å²) in [5.74, 6) is -1.24. The van der Waals surface area contributed by atoms with Crippen molar-refractivity contribution in [2.45, 2.75) is 13.3 Å². The molecule has 1 atom stereocenters. The van der Waals surface area contributed by atoms with Gasteiger partial charge < -0.3 is 4.90 Å². The van der Waals surface area contributed by atoms with Crippen LogP contribution in [0.25, 0.3) is 0 Å². The quantitative estimate of drug-likeness (QED) is 0.514. The summed E-state index contributed by atoms with van der Waals surface area (Å²) in [6, 6.07) is -0.579. The zero-order chi connectivity index (χ0) is 11.7.